The van der Waals surface area contributed by atoms with Gasteiger partial charge in [-0.3, -0.25) is 24.7 Å². The lowest BCUT2D eigenvalue weighted by Crippen LogP contribution is -2.34. The highest BCUT2D eigenvalue weighted by atomic mass is 16.6. The zero-order valence-corrected chi connectivity index (χ0v) is 25.4. The third kappa shape index (κ3) is 6.00. The molecule has 2 fully saturated rings. The number of hydrogen-bond donors (Lipinski definition) is 2. The van der Waals surface area contributed by atoms with Gasteiger partial charge in [-0.15, -0.1) is 0 Å². The van der Waals surface area contributed by atoms with Crippen molar-refractivity contribution >= 4 is 40.5 Å². The minimum absolute atomic E-state index is 0.0889. The Bertz CT molecular complexity index is 1810. The monoisotopic (exact) mass is 617 g/mol. The van der Waals surface area contributed by atoms with Crippen LogP contribution in [0.1, 0.15) is 61.1 Å². The first-order valence-electron chi connectivity index (χ1n) is 15.9. The van der Waals surface area contributed by atoms with Crippen LogP contribution in [0.3, 0.4) is 0 Å². The first-order chi connectivity index (χ1) is 22.4. The molecule has 0 saturated carbocycles. The number of imidazole rings is 1. The number of hydrogen-bond acceptors (Lipinski definition) is 7. The Kier molecular flexibility index (Phi) is 8.04. The van der Waals surface area contributed by atoms with Gasteiger partial charge in [0.2, 0.25) is 17.8 Å². The molecular formula is C35H35N7O4. The molecule has 0 spiro atoms. The van der Waals surface area contributed by atoms with E-state index in [9.17, 15) is 19.7 Å². The molecule has 0 aliphatic carbocycles. The number of aromatic amines is 1. The third-order valence-corrected chi connectivity index (χ3v) is 9.04. The van der Waals surface area contributed by atoms with E-state index in [0.717, 1.165) is 60.8 Å². The van der Waals surface area contributed by atoms with Crippen molar-refractivity contribution in [3.8, 4) is 11.3 Å². The number of nitro benzene ring substituents is 1. The van der Waals surface area contributed by atoms with Crippen LogP contribution >= 0.6 is 0 Å². The van der Waals surface area contributed by atoms with Gasteiger partial charge in [0.15, 0.2) is 0 Å². The van der Waals surface area contributed by atoms with Crippen LogP contribution in [0.5, 0.6) is 0 Å². The maximum Gasteiger partial charge on any atom is 0.269 e. The van der Waals surface area contributed by atoms with E-state index in [0.29, 0.717) is 35.6 Å². The number of carbonyl (C=O) groups excluding carboxylic acids is 2. The molecule has 1 atom stereocenters. The van der Waals surface area contributed by atoms with Crippen molar-refractivity contribution in [1.29, 1.82) is 0 Å². The molecule has 3 aromatic carbocycles. The summed E-state index contributed by atoms with van der Waals surface area (Å²) in [5.74, 6) is -0.0905. The summed E-state index contributed by atoms with van der Waals surface area (Å²) in [4.78, 5) is 54.2. The quantitative estimate of drug-likeness (QED) is 0.134. The molecule has 234 valence electrons. The van der Waals surface area contributed by atoms with Crippen LogP contribution in [0.25, 0.3) is 11.3 Å². The van der Waals surface area contributed by atoms with Crippen molar-refractivity contribution < 1.29 is 14.5 Å². The third-order valence-electron chi connectivity index (χ3n) is 9.04. The van der Waals surface area contributed by atoms with Crippen LogP contribution in [0.4, 0.5) is 23.0 Å². The molecule has 7 rings (SSSR count). The van der Waals surface area contributed by atoms with Gasteiger partial charge in [0.25, 0.3) is 5.69 Å². The number of nitro groups is 1. The molecule has 3 aliphatic heterocycles. The van der Waals surface area contributed by atoms with Gasteiger partial charge < -0.3 is 20.1 Å². The summed E-state index contributed by atoms with van der Waals surface area (Å²) in [5, 5.41) is 14.5. The van der Waals surface area contributed by atoms with E-state index in [1.54, 1.807) is 6.07 Å². The smallest absolute Gasteiger partial charge is 0.269 e. The van der Waals surface area contributed by atoms with Crippen LogP contribution in [0.15, 0.2) is 77.9 Å². The number of anilines is 2. The number of fused-ring (bicyclic) bond motifs is 1. The molecule has 2 saturated heterocycles. The summed E-state index contributed by atoms with van der Waals surface area (Å²) in [6, 6.07) is 19.9. The van der Waals surface area contributed by atoms with E-state index in [4.69, 9.17) is 4.99 Å². The predicted octanol–water partition coefficient (Wildman–Crippen LogP) is 6.34. The Morgan fingerprint density at radius 2 is 1.70 bits per heavy atom. The number of aliphatic imine (C=N–C) groups is 1. The minimum atomic E-state index is -0.844. The number of carbonyl (C=O) groups is 2. The SMILES string of the molecule is O=C1Nc2ccc([N+](=O)[O-])cc2C1C(=Nc1ccc(-c2cnc(N3CCCCC3)[nH]2)cc1)c1ccc(CN2CCCCC2=O)cc1. The Morgan fingerprint density at radius 3 is 2.43 bits per heavy atom. The maximum atomic E-state index is 13.4. The van der Waals surface area contributed by atoms with Gasteiger partial charge in [-0.1, -0.05) is 36.4 Å². The molecule has 1 unspecified atom stereocenters. The highest BCUT2D eigenvalue weighted by Crippen LogP contribution is 2.38. The van der Waals surface area contributed by atoms with Gasteiger partial charge >= 0.3 is 0 Å². The Labute approximate surface area is 266 Å². The van der Waals surface area contributed by atoms with Crippen LogP contribution in [-0.2, 0) is 16.1 Å². The standard InChI is InChI=1S/C35H35N7O4/c43-31-6-2-5-19-41(31)22-23-7-9-25(10-8-23)33(32-28-20-27(42(45)46)15-16-29(28)38-34(32)44)37-26-13-11-24(12-14-26)30-21-36-35(39-30)40-17-3-1-4-18-40/h7-16,20-21,32H,1-6,17-19,22H2,(H,36,39)(H,38,44). The van der Waals surface area contributed by atoms with Crippen molar-refractivity contribution in [2.75, 3.05) is 29.9 Å². The molecule has 3 aliphatic rings. The topological polar surface area (TPSA) is 137 Å². The second-order valence-electron chi connectivity index (χ2n) is 12.1. The Balaban J connectivity index is 1.21. The van der Waals surface area contributed by atoms with Gasteiger partial charge in [-0.05, 0) is 67.0 Å². The maximum absolute atomic E-state index is 13.4. The fraction of sp³-hybridized carbons (Fsp3) is 0.314. The van der Waals surface area contributed by atoms with E-state index in [1.807, 2.05) is 59.6 Å². The molecule has 4 heterocycles. The Morgan fingerprint density at radius 1 is 0.935 bits per heavy atom. The van der Waals surface area contributed by atoms with Gasteiger partial charge in [-0.2, -0.15) is 0 Å². The van der Waals surface area contributed by atoms with Gasteiger partial charge in [-0.25, -0.2) is 4.98 Å². The number of aromatic nitrogens is 2. The summed E-state index contributed by atoms with van der Waals surface area (Å²) in [5.41, 5.74) is 5.67. The number of nitrogens with one attached hydrogen (secondary N) is 2. The Hall–Kier alpha value is -5.32. The number of H-pyrrole nitrogens is 1. The summed E-state index contributed by atoms with van der Waals surface area (Å²) in [7, 11) is 0. The zero-order valence-electron chi connectivity index (χ0n) is 25.4. The molecule has 11 nitrogen and oxygen atoms in total. The average molecular weight is 618 g/mol. The molecule has 4 aromatic rings. The normalized spacial score (nSPS) is 18.4. The lowest BCUT2D eigenvalue weighted by Gasteiger charge is -2.26. The lowest BCUT2D eigenvalue weighted by molar-refractivity contribution is -0.384. The number of rotatable bonds is 8. The van der Waals surface area contributed by atoms with E-state index >= 15 is 0 Å². The van der Waals surface area contributed by atoms with Crippen molar-refractivity contribution in [3.63, 3.8) is 0 Å². The fourth-order valence-corrected chi connectivity index (χ4v) is 6.54. The van der Waals surface area contributed by atoms with Gasteiger partial charge in [0.05, 0.1) is 28.2 Å². The highest BCUT2D eigenvalue weighted by Gasteiger charge is 2.37. The number of nitrogens with zero attached hydrogens (tertiary/aromatic N) is 5. The minimum Gasteiger partial charge on any atom is -0.342 e. The summed E-state index contributed by atoms with van der Waals surface area (Å²) < 4.78 is 0. The second kappa shape index (κ2) is 12.6. The van der Waals surface area contributed by atoms with Crippen molar-refractivity contribution in [2.24, 2.45) is 4.99 Å². The highest BCUT2D eigenvalue weighted by molar-refractivity contribution is 6.24. The molecular weight excluding hydrogens is 582 g/mol. The summed E-state index contributed by atoms with van der Waals surface area (Å²) in [6.45, 7) is 3.28. The molecule has 0 radical (unpaired) electrons. The van der Waals surface area contributed by atoms with Crippen molar-refractivity contribution in [2.45, 2.75) is 51.0 Å². The van der Waals surface area contributed by atoms with E-state index in [1.165, 1.54) is 31.4 Å². The first-order valence-corrected chi connectivity index (χ1v) is 15.9. The number of non-ortho nitro benzene ring substituents is 1. The molecule has 2 amide bonds. The summed E-state index contributed by atoms with van der Waals surface area (Å²) >= 11 is 0. The number of benzene rings is 3. The summed E-state index contributed by atoms with van der Waals surface area (Å²) in [6.07, 6.45) is 7.95. The van der Waals surface area contributed by atoms with E-state index < -0.39 is 10.8 Å². The second-order valence-corrected chi connectivity index (χ2v) is 12.1. The average Bonchev–Trinajstić information content (AvgIpc) is 3.70. The predicted molar refractivity (Wildman–Crippen MR) is 176 cm³/mol. The molecule has 46 heavy (non-hydrogen) atoms. The van der Waals surface area contributed by atoms with Crippen LogP contribution < -0.4 is 10.2 Å². The fourth-order valence-electron chi connectivity index (χ4n) is 6.54. The van der Waals surface area contributed by atoms with Crippen LogP contribution in [0, 0.1) is 10.1 Å². The van der Waals surface area contributed by atoms with Crippen molar-refractivity contribution in [3.05, 3.63) is 99.7 Å². The van der Waals surface area contributed by atoms with Gasteiger partial charge in [0, 0.05) is 56.0 Å². The molecule has 11 heteroatoms. The number of amides is 2. The van der Waals surface area contributed by atoms with Gasteiger partial charge in [0.1, 0.15) is 5.92 Å². The zero-order chi connectivity index (χ0) is 31.6. The van der Waals surface area contributed by atoms with Crippen LogP contribution in [-0.4, -0.2) is 57.0 Å². The van der Waals surface area contributed by atoms with Crippen molar-refractivity contribution in [1.82, 2.24) is 14.9 Å². The van der Waals surface area contributed by atoms with E-state index in [-0.39, 0.29) is 17.5 Å². The molecule has 0 bridgehead atoms. The molecule has 2 N–H and O–H groups in total. The number of likely N-dealkylation sites (tertiary alicyclic amines) is 1. The largest absolute Gasteiger partial charge is 0.342 e. The molecule has 1 aromatic heterocycles. The first kappa shape index (κ1) is 29.4. The van der Waals surface area contributed by atoms with Crippen LogP contribution in [0.2, 0.25) is 0 Å². The lowest BCUT2D eigenvalue weighted by atomic mass is 9.90. The number of piperidine rings is 2. The van der Waals surface area contributed by atoms with E-state index in [2.05, 4.69) is 20.2 Å².